The van der Waals surface area contributed by atoms with E-state index in [1.54, 1.807) is 12.1 Å². The summed E-state index contributed by atoms with van der Waals surface area (Å²) in [7, 11) is 0. The Kier molecular flexibility index (Phi) is 3.26. The molecule has 1 unspecified atom stereocenters. The molecule has 0 amide bonds. The summed E-state index contributed by atoms with van der Waals surface area (Å²) in [5.41, 5.74) is 8.81. The van der Waals surface area contributed by atoms with Crippen molar-refractivity contribution >= 4 is 5.69 Å². The first-order valence-electron chi connectivity index (χ1n) is 6.69. The molecule has 4 nitrogen and oxygen atoms in total. The van der Waals surface area contributed by atoms with E-state index in [1.807, 2.05) is 12.1 Å². The number of benzene rings is 1. The maximum atomic E-state index is 8.96. The lowest BCUT2D eigenvalue weighted by Crippen LogP contribution is -2.15. The van der Waals surface area contributed by atoms with Gasteiger partial charge in [0.25, 0.3) is 0 Å². The van der Waals surface area contributed by atoms with Crippen LogP contribution in [-0.4, -0.2) is 4.98 Å². The molecule has 1 aromatic carbocycles. The summed E-state index contributed by atoms with van der Waals surface area (Å²) >= 11 is 0. The van der Waals surface area contributed by atoms with Gasteiger partial charge in [-0.1, -0.05) is 24.3 Å². The molecule has 1 heterocycles. The van der Waals surface area contributed by atoms with Crippen molar-refractivity contribution in [2.24, 2.45) is 0 Å². The van der Waals surface area contributed by atoms with Gasteiger partial charge in [0.1, 0.15) is 12.2 Å². The number of ether oxygens (including phenoxy) is 1. The summed E-state index contributed by atoms with van der Waals surface area (Å²) in [6.45, 7) is 0. The van der Waals surface area contributed by atoms with Crippen molar-refractivity contribution in [2.75, 3.05) is 5.73 Å². The van der Waals surface area contributed by atoms with Gasteiger partial charge in [0.05, 0.1) is 5.69 Å². The Bertz CT molecular complexity index is 676. The Hall–Kier alpha value is -2.54. The molecule has 0 bridgehead atoms. The molecule has 20 heavy (non-hydrogen) atoms. The van der Waals surface area contributed by atoms with Gasteiger partial charge in [-0.15, -0.1) is 0 Å². The van der Waals surface area contributed by atoms with Crippen LogP contribution in [0.25, 0.3) is 0 Å². The Morgan fingerprint density at radius 2 is 2.10 bits per heavy atom. The average Bonchev–Trinajstić information content (AvgIpc) is 2.49. The third kappa shape index (κ3) is 2.30. The minimum atomic E-state index is 0.00242. The minimum Gasteiger partial charge on any atom is -0.469 e. The Morgan fingerprint density at radius 3 is 2.95 bits per heavy atom. The number of nitrogen functional groups attached to an aromatic ring is 1. The molecular formula is C16H15N3O. The molecule has 100 valence electrons. The van der Waals surface area contributed by atoms with E-state index in [1.165, 1.54) is 11.1 Å². The summed E-state index contributed by atoms with van der Waals surface area (Å²) in [5.74, 6) is 0.456. The lowest BCUT2D eigenvalue weighted by Gasteiger charge is -2.25. The maximum Gasteiger partial charge on any atom is 0.215 e. The number of rotatable bonds is 2. The first-order valence-corrected chi connectivity index (χ1v) is 6.69. The summed E-state index contributed by atoms with van der Waals surface area (Å²) in [6, 6.07) is 13.7. The van der Waals surface area contributed by atoms with E-state index in [0.717, 1.165) is 19.3 Å². The van der Waals surface area contributed by atoms with Gasteiger partial charge in [0, 0.05) is 6.07 Å². The van der Waals surface area contributed by atoms with Crippen LogP contribution < -0.4 is 10.5 Å². The maximum absolute atomic E-state index is 8.96. The van der Waals surface area contributed by atoms with Gasteiger partial charge in [-0.25, -0.2) is 4.98 Å². The number of hydrogen-bond donors (Lipinski definition) is 1. The van der Waals surface area contributed by atoms with Gasteiger partial charge >= 0.3 is 0 Å². The van der Waals surface area contributed by atoms with Gasteiger partial charge in [0.15, 0.2) is 5.69 Å². The third-order valence-corrected chi connectivity index (χ3v) is 3.58. The highest BCUT2D eigenvalue weighted by atomic mass is 16.5. The molecule has 2 aromatic rings. The highest BCUT2D eigenvalue weighted by Crippen LogP contribution is 2.33. The summed E-state index contributed by atoms with van der Waals surface area (Å²) < 4.78 is 5.96. The van der Waals surface area contributed by atoms with E-state index in [9.17, 15) is 0 Å². The highest BCUT2D eigenvalue weighted by Gasteiger charge is 2.21. The zero-order chi connectivity index (χ0) is 13.9. The number of hydrogen-bond acceptors (Lipinski definition) is 4. The molecule has 1 aliphatic carbocycles. The molecule has 3 rings (SSSR count). The monoisotopic (exact) mass is 265 g/mol. The largest absolute Gasteiger partial charge is 0.469 e. The minimum absolute atomic E-state index is 0.00242. The molecule has 1 atom stereocenters. The van der Waals surface area contributed by atoms with E-state index >= 15 is 0 Å². The average molecular weight is 265 g/mol. The molecular weight excluding hydrogens is 250 g/mol. The fraction of sp³-hybridized carbons (Fsp3) is 0.250. The van der Waals surface area contributed by atoms with Crippen LogP contribution in [0.15, 0.2) is 36.4 Å². The fourth-order valence-corrected chi connectivity index (χ4v) is 2.58. The van der Waals surface area contributed by atoms with Crippen LogP contribution >= 0.6 is 0 Å². The normalized spacial score (nSPS) is 17.1. The number of nitrogens with zero attached hydrogens (tertiary/aromatic N) is 2. The van der Waals surface area contributed by atoms with Gasteiger partial charge in [-0.2, -0.15) is 5.26 Å². The number of aromatic nitrogens is 1. The first kappa shape index (κ1) is 12.5. The van der Waals surface area contributed by atoms with E-state index in [0.29, 0.717) is 11.6 Å². The fourth-order valence-electron chi connectivity index (χ4n) is 2.58. The SMILES string of the molecule is N#Cc1nc(OC2CCCc3ccccc32)ccc1N. The van der Waals surface area contributed by atoms with Crippen molar-refractivity contribution in [1.29, 1.82) is 5.26 Å². The molecule has 0 saturated heterocycles. The zero-order valence-corrected chi connectivity index (χ0v) is 11.0. The van der Waals surface area contributed by atoms with Crippen LogP contribution in [0.5, 0.6) is 5.88 Å². The molecule has 4 heteroatoms. The van der Waals surface area contributed by atoms with Crippen LogP contribution in [0.3, 0.4) is 0 Å². The molecule has 0 aliphatic heterocycles. The van der Waals surface area contributed by atoms with Crippen LogP contribution in [0.2, 0.25) is 0 Å². The summed E-state index contributed by atoms with van der Waals surface area (Å²) in [5, 5.41) is 8.96. The number of aryl methyl sites for hydroxylation is 1. The van der Waals surface area contributed by atoms with Crippen molar-refractivity contribution < 1.29 is 4.74 Å². The second-order valence-electron chi connectivity index (χ2n) is 4.90. The third-order valence-electron chi connectivity index (χ3n) is 3.58. The Labute approximate surface area is 117 Å². The number of fused-ring (bicyclic) bond motifs is 1. The molecule has 0 saturated carbocycles. The number of nitrogens with two attached hydrogens (primary N) is 1. The van der Waals surface area contributed by atoms with Crippen LogP contribution in [-0.2, 0) is 6.42 Å². The van der Waals surface area contributed by atoms with Gasteiger partial charge in [-0.05, 0) is 36.5 Å². The first-order chi connectivity index (χ1) is 9.78. The topological polar surface area (TPSA) is 71.9 Å². The van der Waals surface area contributed by atoms with Crippen molar-refractivity contribution in [3.8, 4) is 11.9 Å². The zero-order valence-electron chi connectivity index (χ0n) is 11.0. The van der Waals surface area contributed by atoms with Crippen molar-refractivity contribution in [1.82, 2.24) is 4.98 Å². The lowest BCUT2D eigenvalue weighted by atomic mass is 9.89. The van der Waals surface area contributed by atoms with E-state index in [-0.39, 0.29) is 11.8 Å². The predicted octanol–water partition coefficient (Wildman–Crippen LogP) is 2.99. The smallest absolute Gasteiger partial charge is 0.215 e. The van der Waals surface area contributed by atoms with E-state index in [4.69, 9.17) is 15.7 Å². The van der Waals surface area contributed by atoms with Gasteiger partial charge < -0.3 is 10.5 Å². The summed E-state index contributed by atoms with van der Waals surface area (Å²) in [4.78, 5) is 4.15. The molecule has 1 aromatic heterocycles. The van der Waals surface area contributed by atoms with Crippen molar-refractivity contribution in [2.45, 2.75) is 25.4 Å². The second kappa shape index (κ2) is 5.22. The van der Waals surface area contributed by atoms with Crippen LogP contribution in [0.4, 0.5) is 5.69 Å². The number of pyridine rings is 1. The van der Waals surface area contributed by atoms with Gasteiger partial charge in [0.2, 0.25) is 5.88 Å². The molecule has 1 aliphatic rings. The molecule has 0 spiro atoms. The quantitative estimate of drug-likeness (QED) is 0.906. The highest BCUT2D eigenvalue weighted by molar-refractivity contribution is 5.50. The van der Waals surface area contributed by atoms with Crippen molar-refractivity contribution in [3.05, 3.63) is 53.2 Å². The summed E-state index contributed by atoms with van der Waals surface area (Å²) in [6.07, 6.45) is 3.16. The van der Waals surface area contributed by atoms with Crippen LogP contribution in [0, 0.1) is 11.3 Å². The molecule has 0 fully saturated rings. The lowest BCUT2D eigenvalue weighted by molar-refractivity contribution is 0.175. The number of nitriles is 1. The predicted molar refractivity (Wildman–Crippen MR) is 76.1 cm³/mol. The Balaban J connectivity index is 1.88. The van der Waals surface area contributed by atoms with Gasteiger partial charge in [-0.3, -0.25) is 0 Å². The van der Waals surface area contributed by atoms with E-state index in [2.05, 4.69) is 23.2 Å². The van der Waals surface area contributed by atoms with Crippen LogP contribution in [0.1, 0.15) is 35.8 Å². The second-order valence-corrected chi connectivity index (χ2v) is 4.90. The standard InChI is InChI=1S/C16H15N3O/c17-10-14-13(18)8-9-16(19-14)20-15-7-3-5-11-4-1-2-6-12(11)15/h1-2,4,6,8-9,15H,3,5,7,18H2. The molecule has 2 N–H and O–H groups in total. The van der Waals surface area contributed by atoms with Crippen molar-refractivity contribution in [3.63, 3.8) is 0 Å². The molecule has 0 radical (unpaired) electrons. The Morgan fingerprint density at radius 1 is 1.25 bits per heavy atom. The van der Waals surface area contributed by atoms with E-state index < -0.39 is 0 Å². The number of anilines is 1.